The normalized spacial score (nSPS) is 13.6. The van der Waals surface area contributed by atoms with Crippen molar-refractivity contribution < 1.29 is 18.4 Å². The van der Waals surface area contributed by atoms with E-state index in [0.29, 0.717) is 23.3 Å². The van der Waals surface area contributed by atoms with Crippen LogP contribution in [0.4, 0.5) is 0 Å². The van der Waals surface area contributed by atoms with E-state index in [9.17, 15) is 9.59 Å². The van der Waals surface area contributed by atoms with E-state index in [0.717, 1.165) is 22.3 Å². The Morgan fingerprint density at radius 1 is 0.568 bits per heavy atom. The zero-order valence-corrected chi connectivity index (χ0v) is 27.6. The Kier molecular flexibility index (Phi) is 9.52. The van der Waals surface area contributed by atoms with Gasteiger partial charge in [0.15, 0.2) is 11.5 Å². The number of nitrogens with one attached hydrogen (secondary N) is 2. The topological polar surface area (TPSA) is 110 Å². The molecule has 4 aromatic rings. The molecule has 2 atom stereocenters. The van der Waals surface area contributed by atoms with Crippen molar-refractivity contribution in [2.45, 2.75) is 81.3 Å². The number of nitrogens with zero attached hydrogens (tertiary/aromatic N) is 2. The van der Waals surface area contributed by atoms with E-state index >= 15 is 0 Å². The molecular formula is C36H46N4O4. The molecule has 0 saturated carbocycles. The lowest BCUT2D eigenvalue weighted by atomic mass is 9.94. The molecule has 0 radical (unpaired) electrons. The molecule has 2 heterocycles. The van der Waals surface area contributed by atoms with Crippen molar-refractivity contribution in [3.05, 3.63) is 72.7 Å². The molecule has 8 nitrogen and oxygen atoms in total. The number of amides is 2. The summed E-state index contributed by atoms with van der Waals surface area (Å²) in [4.78, 5) is 34.2. The fourth-order valence-electron chi connectivity index (χ4n) is 4.53. The molecule has 2 unspecified atom stereocenters. The van der Waals surface area contributed by atoms with Gasteiger partial charge in [0.1, 0.15) is 12.1 Å². The van der Waals surface area contributed by atoms with Gasteiger partial charge in [0.2, 0.25) is 23.6 Å². The summed E-state index contributed by atoms with van der Waals surface area (Å²) in [5.41, 5.74) is 2.91. The molecule has 4 rings (SSSR count). The van der Waals surface area contributed by atoms with Gasteiger partial charge in [0, 0.05) is 22.0 Å². The molecule has 0 aliphatic heterocycles. The number of rotatable bonds is 9. The van der Waals surface area contributed by atoms with Gasteiger partial charge in [0.25, 0.3) is 0 Å². The van der Waals surface area contributed by atoms with Gasteiger partial charge in [-0.05, 0) is 23.0 Å². The SMILES string of the molecule is CC(C)C(NC(=O)C(C)(C)C)c1ncc(-c2ccc(-c3ccc(-c4cnc(C(NC(=O)C(C)(C)C)C(C)C)o4)cc3)cc2)o1. The number of hydrogen-bond acceptors (Lipinski definition) is 6. The minimum atomic E-state index is -0.504. The molecule has 0 aliphatic rings. The molecule has 8 heteroatoms. The first-order chi connectivity index (χ1) is 20.5. The highest BCUT2D eigenvalue weighted by Crippen LogP contribution is 2.32. The third-order valence-electron chi connectivity index (χ3n) is 7.52. The van der Waals surface area contributed by atoms with Gasteiger partial charge in [-0.2, -0.15) is 0 Å². The van der Waals surface area contributed by atoms with Crippen LogP contribution < -0.4 is 10.6 Å². The van der Waals surface area contributed by atoms with Crippen molar-refractivity contribution in [2.75, 3.05) is 0 Å². The summed E-state index contributed by atoms with van der Waals surface area (Å²) in [6, 6.07) is 15.6. The van der Waals surface area contributed by atoms with Gasteiger partial charge in [-0.15, -0.1) is 0 Å². The summed E-state index contributed by atoms with van der Waals surface area (Å²) in [5.74, 6) is 2.45. The predicted molar refractivity (Wildman–Crippen MR) is 173 cm³/mol. The molecule has 0 spiro atoms. The average molecular weight is 599 g/mol. The number of oxazole rings is 2. The molecule has 2 aromatic carbocycles. The maximum absolute atomic E-state index is 12.6. The van der Waals surface area contributed by atoms with E-state index < -0.39 is 10.8 Å². The van der Waals surface area contributed by atoms with Crippen molar-refractivity contribution >= 4 is 11.8 Å². The van der Waals surface area contributed by atoms with Crippen LogP contribution in [0.2, 0.25) is 0 Å². The van der Waals surface area contributed by atoms with Crippen LogP contribution in [0.15, 0.2) is 69.8 Å². The van der Waals surface area contributed by atoms with Gasteiger partial charge < -0.3 is 19.5 Å². The summed E-state index contributed by atoms with van der Waals surface area (Å²) in [7, 11) is 0. The standard InChI is InChI=1S/C36H46N4O4/c1-21(2)29(39-33(41)35(5,6)7)31-37-19-27(43-31)25-15-11-23(12-16-25)24-13-17-26(18-14-24)28-20-38-32(44-28)30(22(3)4)40-34(42)36(8,9)10/h11-22,29-30H,1-10H3,(H,39,41)(H,40,42). The summed E-state index contributed by atoms with van der Waals surface area (Å²) in [6.45, 7) is 19.5. The van der Waals surface area contributed by atoms with E-state index in [1.165, 1.54) is 0 Å². The molecule has 0 fully saturated rings. The summed E-state index contributed by atoms with van der Waals surface area (Å²) >= 11 is 0. The maximum Gasteiger partial charge on any atom is 0.226 e. The Hall–Kier alpha value is -4.20. The van der Waals surface area contributed by atoms with Crippen molar-refractivity contribution in [3.8, 4) is 33.8 Å². The van der Waals surface area contributed by atoms with Gasteiger partial charge in [0.05, 0.1) is 12.4 Å². The zero-order valence-electron chi connectivity index (χ0n) is 27.6. The van der Waals surface area contributed by atoms with E-state index in [-0.39, 0.29) is 35.7 Å². The number of hydrogen-bond donors (Lipinski definition) is 2. The Morgan fingerprint density at radius 3 is 1.14 bits per heavy atom. The first kappa shape index (κ1) is 32.7. The fraction of sp³-hybridized carbons (Fsp3) is 0.444. The molecule has 44 heavy (non-hydrogen) atoms. The lowest BCUT2D eigenvalue weighted by Crippen LogP contribution is -2.39. The highest BCUT2D eigenvalue weighted by molar-refractivity contribution is 5.82. The smallest absolute Gasteiger partial charge is 0.226 e. The lowest BCUT2D eigenvalue weighted by Gasteiger charge is -2.24. The van der Waals surface area contributed by atoms with Crippen LogP contribution in [0.25, 0.3) is 33.8 Å². The molecule has 2 aromatic heterocycles. The molecule has 2 N–H and O–H groups in total. The predicted octanol–water partition coefficient (Wildman–Crippen LogP) is 8.38. The third-order valence-corrected chi connectivity index (χ3v) is 7.52. The number of benzene rings is 2. The van der Waals surface area contributed by atoms with E-state index in [2.05, 4.69) is 20.6 Å². The van der Waals surface area contributed by atoms with Crippen molar-refractivity contribution in [2.24, 2.45) is 22.7 Å². The molecule has 234 valence electrons. The largest absolute Gasteiger partial charge is 0.438 e. The van der Waals surface area contributed by atoms with Gasteiger partial charge in [-0.25, -0.2) is 9.97 Å². The maximum atomic E-state index is 12.6. The first-order valence-electron chi connectivity index (χ1n) is 15.3. The summed E-state index contributed by atoms with van der Waals surface area (Å²) < 4.78 is 12.2. The van der Waals surface area contributed by atoms with Gasteiger partial charge in [-0.1, -0.05) is 118 Å². The van der Waals surface area contributed by atoms with Crippen molar-refractivity contribution in [3.63, 3.8) is 0 Å². The van der Waals surface area contributed by atoms with Crippen LogP contribution in [-0.4, -0.2) is 21.8 Å². The highest BCUT2D eigenvalue weighted by Gasteiger charge is 2.30. The third kappa shape index (κ3) is 7.65. The Balaban J connectivity index is 1.47. The molecule has 2 amide bonds. The fourth-order valence-corrected chi connectivity index (χ4v) is 4.53. The lowest BCUT2D eigenvalue weighted by molar-refractivity contribution is -0.130. The molecule has 0 aliphatic carbocycles. The number of carbonyl (C=O) groups is 2. The van der Waals surface area contributed by atoms with Crippen LogP contribution in [0.3, 0.4) is 0 Å². The van der Waals surface area contributed by atoms with Crippen molar-refractivity contribution in [1.29, 1.82) is 0 Å². The molecule has 0 bridgehead atoms. The Labute approximate surface area is 261 Å². The van der Waals surface area contributed by atoms with E-state index in [1.807, 2.05) is 118 Å². The van der Waals surface area contributed by atoms with E-state index in [1.54, 1.807) is 12.4 Å². The summed E-state index contributed by atoms with van der Waals surface area (Å²) in [5, 5.41) is 6.17. The van der Waals surface area contributed by atoms with Crippen LogP contribution in [0, 0.1) is 22.7 Å². The quantitative estimate of drug-likeness (QED) is 0.200. The first-order valence-corrected chi connectivity index (χ1v) is 15.3. The Bertz CT molecular complexity index is 1450. The summed E-state index contributed by atoms with van der Waals surface area (Å²) in [6.07, 6.45) is 3.42. The Morgan fingerprint density at radius 2 is 0.864 bits per heavy atom. The van der Waals surface area contributed by atoms with Crippen LogP contribution in [0.5, 0.6) is 0 Å². The van der Waals surface area contributed by atoms with Crippen LogP contribution >= 0.6 is 0 Å². The minimum absolute atomic E-state index is 0.0422. The average Bonchev–Trinajstić information content (AvgIpc) is 3.64. The van der Waals surface area contributed by atoms with Crippen LogP contribution in [-0.2, 0) is 9.59 Å². The second kappa shape index (κ2) is 12.8. The van der Waals surface area contributed by atoms with Crippen LogP contribution in [0.1, 0.15) is 93.1 Å². The molecular weight excluding hydrogens is 552 g/mol. The zero-order chi connectivity index (χ0) is 32.4. The second-order valence-corrected chi connectivity index (χ2v) is 14.2. The van der Waals surface area contributed by atoms with Gasteiger partial charge >= 0.3 is 0 Å². The molecule has 0 saturated heterocycles. The van der Waals surface area contributed by atoms with E-state index in [4.69, 9.17) is 8.83 Å². The number of aromatic nitrogens is 2. The second-order valence-electron chi connectivity index (χ2n) is 14.2. The van der Waals surface area contributed by atoms with Gasteiger partial charge in [-0.3, -0.25) is 9.59 Å². The minimum Gasteiger partial charge on any atom is -0.438 e. The highest BCUT2D eigenvalue weighted by atomic mass is 16.4. The number of carbonyl (C=O) groups excluding carboxylic acids is 2. The monoisotopic (exact) mass is 598 g/mol. The van der Waals surface area contributed by atoms with Crippen molar-refractivity contribution in [1.82, 2.24) is 20.6 Å².